The van der Waals surface area contributed by atoms with Gasteiger partial charge in [0.05, 0.1) is 11.2 Å². The van der Waals surface area contributed by atoms with Gasteiger partial charge in [-0.25, -0.2) is 13.8 Å². The van der Waals surface area contributed by atoms with E-state index in [0.717, 1.165) is 6.07 Å². The first-order chi connectivity index (χ1) is 6.67. The zero-order valence-electron chi connectivity index (χ0n) is 7.63. The van der Waals surface area contributed by atoms with Crippen LogP contribution in [-0.4, -0.2) is 5.16 Å². The number of hydrogen-bond acceptors (Lipinski definition) is 2. The third kappa shape index (κ3) is 2.69. The standard InChI is InChI=1S/C10H9F2NS/c1-2-10(13-6-14)7-3-8(11)5-9(12)4-7/h3-5,10H,2H2,1H3/t10-/m1/s1. The molecule has 4 heteroatoms. The van der Waals surface area contributed by atoms with Gasteiger partial charge in [0.25, 0.3) is 0 Å². The van der Waals surface area contributed by atoms with Crippen molar-refractivity contribution in [3.63, 3.8) is 0 Å². The van der Waals surface area contributed by atoms with E-state index in [-0.39, 0.29) is 6.04 Å². The summed E-state index contributed by atoms with van der Waals surface area (Å²) in [5.74, 6) is -1.20. The molecule has 1 rings (SSSR count). The number of nitrogens with zero attached hydrogens (tertiary/aromatic N) is 1. The van der Waals surface area contributed by atoms with Gasteiger partial charge < -0.3 is 0 Å². The van der Waals surface area contributed by atoms with E-state index in [2.05, 4.69) is 22.4 Å². The van der Waals surface area contributed by atoms with Crippen LogP contribution in [0, 0.1) is 11.6 Å². The minimum Gasteiger partial charge on any atom is -0.224 e. The number of halogens is 2. The molecule has 0 saturated heterocycles. The molecule has 74 valence electrons. The second kappa shape index (κ2) is 4.94. The van der Waals surface area contributed by atoms with Crippen molar-refractivity contribution in [1.82, 2.24) is 0 Å². The number of hydrogen-bond donors (Lipinski definition) is 0. The van der Waals surface area contributed by atoms with E-state index < -0.39 is 11.6 Å². The smallest absolute Gasteiger partial charge is 0.126 e. The highest BCUT2D eigenvalue weighted by atomic mass is 32.1. The van der Waals surface area contributed by atoms with Gasteiger partial charge in [-0.2, -0.15) is 0 Å². The summed E-state index contributed by atoms with van der Waals surface area (Å²) in [6.07, 6.45) is 0.631. The monoisotopic (exact) mass is 213 g/mol. The lowest BCUT2D eigenvalue weighted by Gasteiger charge is -2.08. The van der Waals surface area contributed by atoms with E-state index in [4.69, 9.17) is 0 Å². The second-order valence-electron chi connectivity index (χ2n) is 2.85. The molecule has 0 aliphatic heterocycles. The van der Waals surface area contributed by atoms with Crippen LogP contribution in [0.25, 0.3) is 0 Å². The highest BCUT2D eigenvalue weighted by Gasteiger charge is 2.09. The van der Waals surface area contributed by atoms with Crippen LogP contribution in [0.5, 0.6) is 0 Å². The Morgan fingerprint density at radius 1 is 1.36 bits per heavy atom. The molecular weight excluding hydrogens is 204 g/mol. The van der Waals surface area contributed by atoms with Crippen molar-refractivity contribution in [3.05, 3.63) is 35.4 Å². The molecule has 0 bridgehead atoms. The van der Waals surface area contributed by atoms with Crippen molar-refractivity contribution in [3.8, 4) is 0 Å². The first-order valence-corrected chi connectivity index (χ1v) is 4.61. The van der Waals surface area contributed by atoms with Gasteiger partial charge in [0, 0.05) is 6.07 Å². The normalized spacial score (nSPS) is 11.9. The second-order valence-corrected chi connectivity index (χ2v) is 3.03. The maximum absolute atomic E-state index is 12.8. The van der Waals surface area contributed by atoms with Crippen molar-refractivity contribution in [1.29, 1.82) is 0 Å². The van der Waals surface area contributed by atoms with Crippen molar-refractivity contribution < 1.29 is 8.78 Å². The molecule has 1 atom stereocenters. The van der Waals surface area contributed by atoms with E-state index in [1.807, 2.05) is 6.92 Å². The molecule has 0 aromatic heterocycles. The average Bonchev–Trinajstić information content (AvgIpc) is 2.12. The van der Waals surface area contributed by atoms with Gasteiger partial charge in [-0.15, -0.1) is 0 Å². The molecule has 0 unspecified atom stereocenters. The summed E-state index contributed by atoms with van der Waals surface area (Å²) in [6, 6.07) is 3.04. The predicted molar refractivity (Wildman–Crippen MR) is 54.4 cm³/mol. The maximum atomic E-state index is 12.8. The maximum Gasteiger partial charge on any atom is 0.126 e. The minimum atomic E-state index is -0.599. The minimum absolute atomic E-state index is 0.308. The molecule has 14 heavy (non-hydrogen) atoms. The van der Waals surface area contributed by atoms with Crippen LogP contribution in [0.1, 0.15) is 24.9 Å². The summed E-state index contributed by atoms with van der Waals surface area (Å²) in [6.45, 7) is 1.86. The van der Waals surface area contributed by atoms with Crippen molar-refractivity contribution in [2.75, 3.05) is 0 Å². The largest absolute Gasteiger partial charge is 0.224 e. The average molecular weight is 213 g/mol. The van der Waals surface area contributed by atoms with Gasteiger partial charge in [0.1, 0.15) is 11.6 Å². The fourth-order valence-corrected chi connectivity index (χ4v) is 1.36. The molecule has 1 aromatic carbocycles. The molecule has 0 saturated carbocycles. The zero-order valence-corrected chi connectivity index (χ0v) is 8.44. The summed E-state index contributed by atoms with van der Waals surface area (Å²) in [5, 5.41) is 2.22. The zero-order chi connectivity index (χ0) is 10.6. The fraction of sp³-hybridized carbons (Fsp3) is 0.300. The lowest BCUT2D eigenvalue weighted by Crippen LogP contribution is -1.95. The predicted octanol–water partition coefficient (Wildman–Crippen LogP) is 3.52. The Kier molecular flexibility index (Phi) is 3.86. The van der Waals surface area contributed by atoms with E-state index in [0.29, 0.717) is 12.0 Å². The first-order valence-electron chi connectivity index (χ1n) is 4.20. The van der Waals surface area contributed by atoms with Crippen LogP contribution in [0.4, 0.5) is 8.78 Å². The van der Waals surface area contributed by atoms with E-state index in [9.17, 15) is 8.78 Å². The molecule has 0 aliphatic rings. The highest BCUT2D eigenvalue weighted by Crippen LogP contribution is 2.22. The Bertz CT molecular complexity index is 352. The molecule has 1 aromatic rings. The van der Waals surface area contributed by atoms with Crippen LogP contribution in [0.2, 0.25) is 0 Å². The lowest BCUT2D eigenvalue weighted by atomic mass is 10.1. The van der Waals surface area contributed by atoms with Crippen LogP contribution in [0.15, 0.2) is 23.2 Å². The van der Waals surface area contributed by atoms with Gasteiger partial charge in [0.2, 0.25) is 0 Å². The van der Waals surface area contributed by atoms with Crippen LogP contribution < -0.4 is 0 Å². The van der Waals surface area contributed by atoms with Gasteiger partial charge in [-0.05, 0) is 36.3 Å². The molecule has 0 heterocycles. The third-order valence-corrected chi connectivity index (χ3v) is 1.97. The van der Waals surface area contributed by atoms with E-state index >= 15 is 0 Å². The number of benzene rings is 1. The topological polar surface area (TPSA) is 12.4 Å². The first kappa shape index (κ1) is 11.0. The van der Waals surface area contributed by atoms with Gasteiger partial charge in [0.15, 0.2) is 0 Å². The summed E-state index contributed by atoms with van der Waals surface area (Å²) >= 11 is 4.46. The van der Waals surface area contributed by atoms with Crippen LogP contribution in [0.3, 0.4) is 0 Å². The van der Waals surface area contributed by atoms with Crippen LogP contribution >= 0.6 is 12.2 Å². The summed E-state index contributed by atoms with van der Waals surface area (Å²) in [7, 11) is 0. The Hall–Kier alpha value is -1.12. The van der Waals surface area contributed by atoms with Gasteiger partial charge >= 0.3 is 0 Å². The molecule has 0 aliphatic carbocycles. The highest BCUT2D eigenvalue weighted by molar-refractivity contribution is 7.78. The molecule has 0 amide bonds. The number of isothiocyanates is 1. The molecule has 0 fully saturated rings. The molecule has 0 N–H and O–H groups in total. The van der Waals surface area contributed by atoms with E-state index in [1.54, 1.807) is 0 Å². The van der Waals surface area contributed by atoms with Crippen molar-refractivity contribution in [2.24, 2.45) is 4.99 Å². The van der Waals surface area contributed by atoms with Crippen molar-refractivity contribution in [2.45, 2.75) is 19.4 Å². The number of aliphatic imine (C=N–C) groups is 1. The molecule has 0 radical (unpaired) electrons. The Labute approximate surface area is 86.5 Å². The third-order valence-electron chi connectivity index (χ3n) is 1.86. The molecular formula is C10H9F2NS. The summed E-state index contributed by atoms with van der Waals surface area (Å²) in [4.78, 5) is 3.83. The lowest BCUT2D eigenvalue weighted by molar-refractivity contribution is 0.572. The number of rotatable bonds is 3. The van der Waals surface area contributed by atoms with Crippen LogP contribution in [-0.2, 0) is 0 Å². The Morgan fingerprint density at radius 3 is 2.36 bits per heavy atom. The van der Waals surface area contributed by atoms with E-state index in [1.165, 1.54) is 12.1 Å². The Morgan fingerprint density at radius 2 is 1.93 bits per heavy atom. The van der Waals surface area contributed by atoms with Gasteiger partial charge in [-0.3, -0.25) is 0 Å². The Balaban J connectivity index is 3.09. The summed E-state index contributed by atoms with van der Waals surface area (Å²) in [5.41, 5.74) is 0.488. The number of thiocarbonyl (C=S) groups is 1. The van der Waals surface area contributed by atoms with Gasteiger partial charge in [-0.1, -0.05) is 6.92 Å². The molecule has 0 spiro atoms. The fourth-order valence-electron chi connectivity index (χ4n) is 1.23. The molecule has 1 nitrogen and oxygen atoms in total. The SMILES string of the molecule is CC[C@@H](N=C=S)c1cc(F)cc(F)c1. The summed E-state index contributed by atoms with van der Waals surface area (Å²) < 4.78 is 25.7. The van der Waals surface area contributed by atoms with Crippen molar-refractivity contribution >= 4 is 17.4 Å². The quantitative estimate of drug-likeness (QED) is 0.552.